The number of aryl methyl sites for hydroxylation is 2. The molecule has 3 aromatic rings. The van der Waals surface area contributed by atoms with E-state index < -0.39 is 5.97 Å². The molecule has 6 heteroatoms. The number of hydrogen-bond acceptors (Lipinski definition) is 5. The predicted octanol–water partition coefficient (Wildman–Crippen LogP) is 5.13. The topological polar surface area (TPSA) is 81.0 Å². The number of ether oxygens (including phenoxy) is 1. The zero-order valence-electron chi connectivity index (χ0n) is 17.7. The van der Waals surface area contributed by atoms with Crippen molar-refractivity contribution in [1.29, 1.82) is 5.26 Å². The lowest BCUT2D eigenvalue weighted by atomic mass is 10.1. The van der Waals surface area contributed by atoms with E-state index in [0.717, 1.165) is 35.5 Å². The summed E-state index contributed by atoms with van der Waals surface area (Å²) in [6, 6.07) is 13.4. The molecule has 154 valence electrons. The Morgan fingerprint density at radius 2 is 2.00 bits per heavy atom. The van der Waals surface area contributed by atoms with Crippen molar-refractivity contribution in [3.05, 3.63) is 70.4 Å². The summed E-state index contributed by atoms with van der Waals surface area (Å²) < 4.78 is 13.2. The van der Waals surface area contributed by atoms with Crippen molar-refractivity contribution in [3.63, 3.8) is 0 Å². The minimum absolute atomic E-state index is 0.0452. The predicted molar refractivity (Wildman–Crippen MR) is 114 cm³/mol. The zero-order chi connectivity index (χ0) is 21.7. The first-order valence-corrected chi connectivity index (χ1v) is 9.92. The quantitative estimate of drug-likeness (QED) is 0.310. The van der Waals surface area contributed by atoms with E-state index in [9.17, 15) is 10.1 Å². The van der Waals surface area contributed by atoms with Crippen LogP contribution in [0.2, 0.25) is 0 Å². The molecule has 0 atom stereocenters. The SMILES string of the molecule is CCCn1c(C)cc(/C=C(\C#N)C(=O)OCc2nc(-c3ccccc3)oc2C)c1C. The zero-order valence-corrected chi connectivity index (χ0v) is 17.7. The third-order valence-electron chi connectivity index (χ3n) is 4.95. The van der Waals surface area contributed by atoms with Gasteiger partial charge in [-0.15, -0.1) is 0 Å². The fourth-order valence-electron chi connectivity index (χ4n) is 3.31. The molecule has 0 spiro atoms. The Hall–Kier alpha value is -3.59. The summed E-state index contributed by atoms with van der Waals surface area (Å²) in [5.74, 6) is 0.368. The van der Waals surface area contributed by atoms with Crippen molar-refractivity contribution in [3.8, 4) is 17.5 Å². The number of benzene rings is 1. The Morgan fingerprint density at radius 3 is 2.67 bits per heavy atom. The second-order valence-corrected chi connectivity index (χ2v) is 7.11. The van der Waals surface area contributed by atoms with E-state index in [2.05, 4.69) is 16.5 Å². The molecule has 0 N–H and O–H groups in total. The Morgan fingerprint density at radius 1 is 1.27 bits per heavy atom. The minimum atomic E-state index is -0.679. The second kappa shape index (κ2) is 9.27. The highest BCUT2D eigenvalue weighted by atomic mass is 16.5. The van der Waals surface area contributed by atoms with Gasteiger partial charge in [0, 0.05) is 23.5 Å². The van der Waals surface area contributed by atoms with Crippen LogP contribution in [0.4, 0.5) is 0 Å². The fraction of sp³-hybridized carbons (Fsp3) is 0.292. The smallest absolute Gasteiger partial charge is 0.349 e. The van der Waals surface area contributed by atoms with E-state index in [1.807, 2.05) is 56.3 Å². The van der Waals surface area contributed by atoms with Crippen molar-refractivity contribution in [2.24, 2.45) is 0 Å². The minimum Gasteiger partial charge on any atom is -0.455 e. The Balaban J connectivity index is 1.74. The molecule has 0 aliphatic heterocycles. The highest BCUT2D eigenvalue weighted by Gasteiger charge is 2.17. The number of oxazole rings is 1. The van der Waals surface area contributed by atoms with Crippen LogP contribution in [0.15, 0.2) is 46.4 Å². The van der Waals surface area contributed by atoms with Gasteiger partial charge in [0.1, 0.15) is 29.7 Å². The lowest BCUT2D eigenvalue weighted by Gasteiger charge is -2.07. The van der Waals surface area contributed by atoms with Gasteiger partial charge in [0.15, 0.2) is 0 Å². The van der Waals surface area contributed by atoms with Gasteiger partial charge < -0.3 is 13.7 Å². The molecular weight excluding hydrogens is 378 g/mol. The number of nitrogens with zero attached hydrogens (tertiary/aromatic N) is 3. The van der Waals surface area contributed by atoms with Gasteiger partial charge in [0.2, 0.25) is 5.89 Å². The van der Waals surface area contributed by atoms with E-state index in [-0.39, 0.29) is 12.2 Å². The van der Waals surface area contributed by atoms with Crippen molar-refractivity contribution in [2.75, 3.05) is 0 Å². The van der Waals surface area contributed by atoms with E-state index in [0.29, 0.717) is 17.3 Å². The molecular formula is C24H25N3O3. The van der Waals surface area contributed by atoms with Crippen LogP contribution in [0, 0.1) is 32.1 Å². The molecule has 6 nitrogen and oxygen atoms in total. The van der Waals surface area contributed by atoms with Gasteiger partial charge in [-0.3, -0.25) is 0 Å². The molecule has 0 bridgehead atoms. The first-order valence-electron chi connectivity index (χ1n) is 9.92. The summed E-state index contributed by atoms with van der Waals surface area (Å²) >= 11 is 0. The normalized spacial score (nSPS) is 11.4. The molecule has 3 rings (SSSR count). The Labute approximate surface area is 176 Å². The molecule has 30 heavy (non-hydrogen) atoms. The molecule has 0 aliphatic carbocycles. The first kappa shape index (κ1) is 21.1. The van der Waals surface area contributed by atoms with Gasteiger partial charge in [-0.05, 0) is 57.0 Å². The van der Waals surface area contributed by atoms with Gasteiger partial charge in [0.25, 0.3) is 0 Å². The molecule has 0 unspecified atom stereocenters. The van der Waals surface area contributed by atoms with Crippen molar-refractivity contribution < 1.29 is 13.9 Å². The van der Waals surface area contributed by atoms with Gasteiger partial charge >= 0.3 is 5.97 Å². The van der Waals surface area contributed by atoms with Crippen LogP contribution in [0.25, 0.3) is 17.5 Å². The molecule has 0 saturated heterocycles. The van der Waals surface area contributed by atoms with Crippen molar-refractivity contribution >= 4 is 12.0 Å². The molecule has 2 heterocycles. The number of aromatic nitrogens is 2. The Kier molecular flexibility index (Phi) is 6.53. The summed E-state index contributed by atoms with van der Waals surface area (Å²) in [4.78, 5) is 16.9. The van der Waals surface area contributed by atoms with E-state index in [1.165, 1.54) is 0 Å². The number of carbonyl (C=O) groups excluding carboxylic acids is 1. The molecule has 0 saturated carbocycles. The number of hydrogen-bond donors (Lipinski definition) is 0. The van der Waals surface area contributed by atoms with Gasteiger partial charge in [-0.1, -0.05) is 25.1 Å². The average molecular weight is 403 g/mol. The fourth-order valence-corrected chi connectivity index (χ4v) is 3.31. The standard InChI is InChI=1S/C24H25N3O3/c1-5-11-27-16(2)12-20(17(27)3)13-21(14-25)24(28)29-15-22-18(4)30-23(26-22)19-9-7-6-8-10-19/h6-10,12-13H,5,11,15H2,1-4H3/b21-13+. The van der Waals surface area contributed by atoms with Gasteiger partial charge in [-0.2, -0.15) is 5.26 Å². The lowest BCUT2D eigenvalue weighted by molar-refractivity contribution is -0.139. The van der Waals surface area contributed by atoms with E-state index >= 15 is 0 Å². The summed E-state index contributed by atoms with van der Waals surface area (Å²) in [6.45, 7) is 8.72. The van der Waals surface area contributed by atoms with Crippen molar-refractivity contribution in [2.45, 2.75) is 47.3 Å². The Bertz CT molecular complexity index is 1110. The maximum absolute atomic E-state index is 12.5. The van der Waals surface area contributed by atoms with E-state index in [1.54, 1.807) is 13.0 Å². The molecule has 0 radical (unpaired) electrons. The molecule has 0 fully saturated rings. The highest BCUT2D eigenvalue weighted by Crippen LogP contribution is 2.23. The average Bonchev–Trinajstić information content (AvgIpc) is 3.25. The van der Waals surface area contributed by atoms with Crippen LogP contribution < -0.4 is 0 Å². The number of esters is 1. The van der Waals surface area contributed by atoms with Gasteiger partial charge in [0.05, 0.1) is 0 Å². The van der Waals surface area contributed by atoms with Crippen LogP contribution in [-0.4, -0.2) is 15.5 Å². The van der Waals surface area contributed by atoms with Crippen LogP contribution in [0.5, 0.6) is 0 Å². The number of carbonyl (C=O) groups is 1. The third kappa shape index (κ3) is 4.52. The molecule has 0 amide bonds. The summed E-state index contributed by atoms with van der Waals surface area (Å²) in [5, 5.41) is 9.47. The summed E-state index contributed by atoms with van der Waals surface area (Å²) in [5.41, 5.74) is 4.29. The third-order valence-corrected chi connectivity index (χ3v) is 4.95. The summed E-state index contributed by atoms with van der Waals surface area (Å²) in [7, 11) is 0. The van der Waals surface area contributed by atoms with Crippen LogP contribution in [0.3, 0.4) is 0 Å². The maximum Gasteiger partial charge on any atom is 0.349 e. The molecule has 2 aromatic heterocycles. The number of nitriles is 1. The largest absolute Gasteiger partial charge is 0.455 e. The van der Waals surface area contributed by atoms with Crippen LogP contribution in [-0.2, 0) is 22.7 Å². The molecule has 1 aromatic carbocycles. The summed E-state index contributed by atoms with van der Waals surface area (Å²) in [6.07, 6.45) is 2.59. The maximum atomic E-state index is 12.5. The highest BCUT2D eigenvalue weighted by molar-refractivity contribution is 5.98. The monoisotopic (exact) mass is 403 g/mol. The number of rotatable bonds is 7. The van der Waals surface area contributed by atoms with Gasteiger partial charge in [-0.25, -0.2) is 9.78 Å². The van der Waals surface area contributed by atoms with Crippen LogP contribution in [0.1, 0.15) is 41.8 Å². The van der Waals surface area contributed by atoms with Crippen LogP contribution >= 0.6 is 0 Å². The second-order valence-electron chi connectivity index (χ2n) is 7.11. The van der Waals surface area contributed by atoms with Crippen molar-refractivity contribution in [1.82, 2.24) is 9.55 Å². The van der Waals surface area contributed by atoms with E-state index in [4.69, 9.17) is 9.15 Å². The molecule has 0 aliphatic rings. The first-order chi connectivity index (χ1) is 14.4. The lowest BCUT2D eigenvalue weighted by Crippen LogP contribution is -2.08.